The molecule has 1 saturated heterocycles. The van der Waals surface area contributed by atoms with Crippen molar-refractivity contribution in [1.82, 2.24) is 15.6 Å². The normalized spacial score (nSPS) is 20.2. The fraction of sp³-hybridized carbons (Fsp3) is 0.667. The van der Waals surface area contributed by atoms with E-state index in [1.54, 1.807) is 12.1 Å². The summed E-state index contributed by atoms with van der Waals surface area (Å²) < 4.78 is 36.7. The number of rotatable bonds is 12. The lowest BCUT2D eigenvalue weighted by molar-refractivity contribution is -0.124. The van der Waals surface area contributed by atoms with Crippen molar-refractivity contribution >= 4 is 26.8 Å². The van der Waals surface area contributed by atoms with E-state index in [9.17, 15) is 18.3 Å². The van der Waals surface area contributed by atoms with Gasteiger partial charge in [-0.1, -0.05) is 25.5 Å². The Balaban J connectivity index is 1.48. The average Bonchev–Trinajstić information content (AvgIpc) is 3.51. The highest BCUT2D eigenvalue weighted by Crippen LogP contribution is 2.30. The molecular formula is C24H35N3O6S. The number of hydrogen-bond donors (Lipinski definition) is 3. The summed E-state index contributed by atoms with van der Waals surface area (Å²) in [4.78, 5) is 17.7. The molecule has 3 atom stereocenters. The minimum atomic E-state index is -3.40. The van der Waals surface area contributed by atoms with Crippen LogP contribution in [0.2, 0.25) is 0 Å². The monoisotopic (exact) mass is 493 g/mol. The van der Waals surface area contributed by atoms with Crippen molar-refractivity contribution in [3.8, 4) is 0 Å². The molecule has 1 saturated carbocycles. The highest BCUT2D eigenvalue weighted by molar-refractivity contribution is 7.91. The number of hydrogen-bond acceptors (Lipinski definition) is 8. The lowest BCUT2D eigenvalue weighted by Gasteiger charge is -2.30. The number of nitrogens with zero attached hydrogens (tertiary/aromatic N) is 1. The van der Waals surface area contributed by atoms with E-state index in [0.29, 0.717) is 37.2 Å². The van der Waals surface area contributed by atoms with Gasteiger partial charge in [0.05, 0.1) is 17.5 Å². The van der Waals surface area contributed by atoms with E-state index in [0.717, 1.165) is 25.7 Å². The Bertz CT molecular complexity index is 1030. The highest BCUT2D eigenvalue weighted by Gasteiger charge is 2.35. The van der Waals surface area contributed by atoms with Crippen molar-refractivity contribution in [3.63, 3.8) is 0 Å². The topological polar surface area (TPSA) is 131 Å². The molecule has 188 valence electrons. The van der Waals surface area contributed by atoms with Gasteiger partial charge in [0.15, 0.2) is 21.5 Å². The molecule has 9 nitrogen and oxygen atoms in total. The number of carbonyl (C=O) groups is 1. The second-order valence-electron chi connectivity index (χ2n) is 9.49. The Labute approximate surface area is 200 Å². The summed E-state index contributed by atoms with van der Waals surface area (Å²) in [6, 6.07) is 5.67. The third kappa shape index (κ3) is 6.78. The van der Waals surface area contributed by atoms with Gasteiger partial charge in [0.2, 0.25) is 11.8 Å². The van der Waals surface area contributed by atoms with Crippen molar-refractivity contribution in [2.24, 2.45) is 5.92 Å². The molecule has 34 heavy (non-hydrogen) atoms. The van der Waals surface area contributed by atoms with Gasteiger partial charge in [-0.05, 0) is 50.2 Å². The van der Waals surface area contributed by atoms with Gasteiger partial charge < -0.3 is 24.9 Å². The first-order chi connectivity index (χ1) is 16.3. The molecule has 0 bridgehead atoms. The second-order valence-corrected chi connectivity index (χ2v) is 11.6. The van der Waals surface area contributed by atoms with Gasteiger partial charge >= 0.3 is 0 Å². The van der Waals surface area contributed by atoms with Crippen LogP contribution >= 0.6 is 0 Å². The number of nitrogens with one attached hydrogen (secondary N) is 2. The highest BCUT2D eigenvalue weighted by atomic mass is 32.2. The molecule has 1 aromatic heterocycles. The molecule has 1 aliphatic carbocycles. The molecule has 1 aliphatic heterocycles. The molecule has 2 heterocycles. The third-order valence-corrected chi connectivity index (χ3v) is 8.27. The average molecular weight is 494 g/mol. The minimum Gasteiger partial charge on any atom is -0.438 e. The molecule has 3 N–H and O–H groups in total. The number of aliphatic hydroxyl groups excluding tert-OH is 1. The zero-order valence-corrected chi connectivity index (χ0v) is 20.4. The predicted molar refractivity (Wildman–Crippen MR) is 128 cm³/mol. The van der Waals surface area contributed by atoms with E-state index >= 15 is 0 Å². The number of carbonyl (C=O) groups excluding carboxylic acids is 1. The van der Waals surface area contributed by atoms with E-state index in [4.69, 9.17) is 9.15 Å². The number of fused-ring (bicyclic) bond motifs is 1. The van der Waals surface area contributed by atoms with Crippen LogP contribution in [0.4, 0.5) is 0 Å². The smallest absolute Gasteiger partial charge is 0.238 e. The molecule has 0 spiro atoms. The minimum absolute atomic E-state index is 0.00668. The quantitative estimate of drug-likeness (QED) is 0.410. The molecule has 2 aliphatic rings. The van der Waals surface area contributed by atoms with Gasteiger partial charge in [0.25, 0.3) is 0 Å². The Morgan fingerprint density at radius 1 is 1.21 bits per heavy atom. The van der Waals surface area contributed by atoms with Crippen LogP contribution in [-0.2, 0) is 19.4 Å². The molecule has 1 aromatic carbocycles. The molecule has 1 amide bonds. The fourth-order valence-corrected chi connectivity index (χ4v) is 6.35. The van der Waals surface area contributed by atoms with Crippen LogP contribution in [0.25, 0.3) is 11.1 Å². The summed E-state index contributed by atoms with van der Waals surface area (Å²) in [5.74, 6) is -0.221. The number of para-hydroxylation sites is 2. The summed E-state index contributed by atoms with van der Waals surface area (Å²) in [7, 11) is -3.40. The number of oxazole rings is 1. The number of sulfone groups is 1. The van der Waals surface area contributed by atoms with E-state index < -0.39 is 33.9 Å². The Kier molecular flexibility index (Phi) is 8.23. The number of aliphatic hydroxyl groups is 1. The van der Waals surface area contributed by atoms with Crippen LogP contribution in [0.1, 0.15) is 57.4 Å². The van der Waals surface area contributed by atoms with Crippen molar-refractivity contribution in [2.75, 3.05) is 24.7 Å². The lowest BCUT2D eigenvalue weighted by Crippen LogP contribution is -2.55. The zero-order valence-electron chi connectivity index (χ0n) is 19.6. The first-order valence-corrected chi connectivity index (χ1v) is 14.0. The number of amides is 1. The van der Waals surface area contributed by atoms with Crippen molar-refractivity contribution in [2.45, 2.75) is 69.7 Å². The van der Waals surface area contributed by atoms with Gasteiger partial charge in [-0.2, -0.15) is 0 Å². The first-order valence-electron chi connectivity index (χ1n) is 12.2. The second kappa shape index (κ2) is 11.2. The van der Waals surface area contributed by atoms with E-state index in [1.165, 1.54) is 0 Å². The van der Waals surface area contributed by atoms with Crippen LogP contribution in [0.5, 0.6) is 0 Å². The van der Waals surface area contributed by atoms with E-state index in [2.05, 4.69) is 15.6 Å². The lowest BCUT2D eigenvalue weighted by atomic mass is 10.0. The van der Waals surface area contributed by atoms with Crippen LogP contribution in [-0.4, -0.2) is 67.3 Å². The largest absolute Gasteiger partial charge is 0.438 e. The fourth-order valence-electron chi connectivity index (χ4n) is 4.41. The van der Waals surface area contributed by atoms with E-state index in [-0.39, 0.29) is 29.4 Å². The number of benzene rings is 1. The standard InChI is InChI=1S/C24H35N3O6S/c1-2-5-19(22(28)24-27-18-6-3-4-7-21(18)33-24)26-23(29)20(25-17-10-12-32-13-11-17)15-34(30,31)14-16-8-9-16/h3-4,6-7,16-17,19-20,22,25,28H,2,5,8-15H2,1H3,(H,26,29)/t19-,20?,22?/m0/s1. The molecule has 2 unspecified atom stereocenters. The van der Waals surface area contributed by atoms with Gasteiger partial charge in [-0.3, -0.25) is 4.79 Å². The maximum Gasteiger partial charge on any atom is 0.238 e. The van der Waals surface area contributed by atoms with Crippen LogP contribution in [0.15, 0.2) is 28.7 Å². The Morgan fingerprint density at radius 2 is 1.94 bits per heavy atom. The summed E-state index contributed by atoms with van der Waals surface area (Å²) in [5, 5.41) is 17.2. The molecule has 0 radical (unpaired) electrons. The Hall–Kier alpha value is -2.01. The van der Waals surface area contributed by atoms with Crippen molar-refractivity contribution in [1.29, 1.82) is 0 Å². The van der Waals surface area contributed by atoms with Crippen LogP contribution in [0.3, 0.4) is 0 Å². The van der Waals surface area contributed by atoms with Crippen molar-refractivity contribution < 1.29 is 27.5 Å². The van der Waals surface area contributed by atoms with Gasteiger partial charge in [-0.15, -0.1) is 0 Å². The van der Waals surface area contributed by atoms with Gasteiger partial charge in [0, 0.05) is 19.3 Å². The van der Waals surface area contributed by atoms with Gasteiger partial charge in [0.1, 0.15) is 11.6 Å². The van der Waals surface area contributed by atoms with Crippen LogP contribution in [0, 0.1) is 5.92 Å². The predicted octanol–water partition coefficient (Wildman–Crippen LogP) is 2.11. The summed E-state index contributed by atoms with van der Waals surface area (Å²) >= 11 is 0. The van der Waals surface area contributed by atoms with Crippen LogP contribution < -0.4 is 10.6 Å². The van der Waals surface area contributed by atoms with E-state index in [1.807, 2.05) is 19.1 Å². The molecule has 2 aromatic rings. The molecule has 10 heteroatoms. The Morgan fingerprint density at radius 3 is 2.62 bits per heavy atom. The maximum absolute atomic E-state index is 13.4. The molecule has 2 fully saturated rings. The van der Waals surface area contributed by atoms with Gasteiger partial charge in [-0.25, -0.2) is 13.4 Å². The number of ether oxygens (including phenoxy) is 1. The summed E-state index contributed by atoms with van der Waals surface area (Å²) in [5.41, 5.74) is 1.19. The molecular weight excluding hydrogens is 458 g/mol. The zero-order chi connectivity index (χ0) is 24.1. The summed E-state index contributed by atoms with van der Waals surface area (Å²) in [6.07, 6.45) is 3.35. The first kappa shape index (κ1) is 25.1. The summed E-state index contributed by atoms with van der Waals surface area (Å²) in [6.45, 7) is 3.11. The molecule has 4 rings (SSSR count). The van der Waals surface area contributed by atoms with Crippen molar-refractivity contribution in [3.05, 3.63) is 30.2 Å². The number of aromatic nitrogens is 1. The SMILES string of the molecule is CCC[C@H](NC(=O)C(CS(=O)(=O)CC1CC1)NC1CCOCC1)C(O)c1nc2ccccc2o1. The third-order valence-electron chi connectivity index (χ3n) is 6.45. The maximum atomic E-state index is 13.4.